The molecule has 1 unspecified atom stereocenters. The van der Waals surface area contributed by atoms with Crippen molar-refractivity contribution in [2.45, 2.75) is 77.1 Å². The number of amides is 3. The second-order valence-electron chi connectivity index (χ2n) is 11.9. The Labute approximate surface area is 283 Å². The molecule has 46 heavy (non-hydrogen) atoms. The Balaban J connectivity index is 0.00000139. The number of hydrogen-bond acceptors (Lipinski definition) is 8. The summed E-state index contributed by atoms with van der Waals surface area (Å²) in [4.78, 5) is 46.5. The van der Waals surface area contributed by atoms with Crippen LogP contribution in [-0.4, -0.2) is 78.9 Å². The van der Waals surface area contributed by atoms with Crippen LogP contribution >= 0.6 is 23.1 Å². The van der Waals surface area contributed by atoms with Crippen LogP contribution in [0.3, 0.4) is 0 Å². The largest absolute Gasteiger partial charge is 0.388 e. The number of benzene rings is 2. The van der Waals surface area contributed by atoms with Crippen molar-refractivity contribution in [3.05, 3.63) is 70.9 Å². The third-order valence-corrected chi connectivity index (χ3v) is 9.66. The Morgan fingerprint density at radius 2 is 1.54 bits per heavy atom. The van der Waals surface area contributed by atoms with E-state index in [1.54, 1.807) is 37.1 Å². The van der Waals surface area contributed by atoms with E-state index in [2.05, 4.69) is 48.0 Å². The highest BCUT2D eigenvalue weighted by Crippen LogP contribution is 2.36. The molecule has 0 bridgehead atoms. The third kappa shape index (κ3) is 11.8. The lowest BCUT2D eigenvalue weighted by Gasteiger charge is -2.34. The lowest BCUT2D eigenvalue weighted by atomic mass is 9.88. The Bertz CT molecular complexity index is 1410. The van der Waals surface area contributed by atoms with Gasteiger partial charge in [0, 0.05) is 75.9 Å². The van der Waals surface area contributed by atoms with Gasteiger partial charge >= 0.3 is 0 Å². The molecule has 0 saturated carbocycles. The number of piperazine rings is 1. The first-order chi connectivity index (χ1) is 21.8. The normalized spacial score (nSPS) is 13.5. The number of aromatic nitrogens is 1. The molecule has 1 fully saturated rings. The average molecular weight is 670 g/mol. The van der Waals surface area contributed by atoms with E-state index in [4.69, 9.17) is 0 Å². The Hall–Kier alpha value is -3.25. The van der Waals surface area contributed by atoms with Crippen LogP contribution in [0.4, 0.5) is 5.13 Å². The zero-order valence-electron chi connectivity index (χ0n) is 29.0. The summed E-state index contributed by atoms with van der Waals surface area (Å²) < 4.78 is 5.16. The topological polar surface area (TPSA) is 104 Å². The van der Waals surface area contributed by atoms with Crippen LogP contribution in [0.15, 0.2) is 57.8 Å². The highest BCUT2D eigenvalue weighted by Gasteiger charge is 2.24. The number of methoxy groups -OCH3 is 1. The molecule has 1 aromatic heterocycles. The predicted molar refractivity (Wildman–Crippen MR) is 190 cm³/mol. The Morgan fingerprint density at radius 3 is 2.11 bits per heavy atom. The summed E-state index contributed by atoms with van der Waals surface area (Å²) in [6.07, 6.45) is 1.74. The van der Waals surface area contributed by atoms with Gasteiger partial charge < -0.3 is 19.9 Å². The van der Waals surface area contributed by atoms with Crippen LogP contribution in [-0.2, 0) is 16.1 Å². The second-order valence-corrected chi connectivity index (χ2v) is 14.3. The maximum atomic E-state index is 13.1. The van der Waals surface area contributed by atoms with Crippen molar-refractivity contribution in [3.8, 4) is 0 Å². The number of rotatable bonds is 8. The number of carbonyl (C=O) groups excluding carboxylic acids is 3. The summed E-state index contributed by atoms with van der Waals surface area (Å²) in [6.45, 7) is 19.3. The number of anilines is 1. The molecule has 1 saturated heterocycles. The number of thiazole rings is 1. The third-order valence-electron chi connectivity index (χ3n) is 7.49. The maximum Gasteiger partial charge on any atom is 0.257 e. The van der Waals surface area contributed by atoms with Gasteiger partial charge in [-0.05, 0) is 54.7 Å². The fourth-order valence-corrected chi connectivity index (χ4v) is 6.20. The fraction of sp³-hybridized carbons (Fsp3) is 0.486. The van der Waals surface area contributed by atoms with Crippen LogP contribution < -0.4 is 10.6 Å². The van der Waals surface area contributed by atoms with Gasteiger partial charge in [0.1, 0.15) is 0 Å². The molecule has 0 aliphatic carbocycles. The minimum atomic E-state index is -0.202. The van der Waals surface area contributed by atoms with Gasteiger partial charge in [0.05, 0.1) is 10.4 Å². The van der Waals surface area contributed by atoms with E-state index in [1.807, 2.05) is 63.2 Å². The summed E-state index contributed by atoms with van der Waals surface area (Å²) in [5, 5.41) is 6.97. The van der Waals surface area contributed by atoms with Crippen molar-refractivity contribution in [2.24, 2.45) is 5.41 Å². The lowest BCUT2D eigenvalue weighted by molar-refractivity contribution is -0.130. The van der Waals surface area contributed by atoms with Gasteiger partial charge in [0.2, 0.25) is 5.91 Å². The first kappa shape index (κ1) is 38.9. The molecule has 3 aromatic rings. The van der Waals surface area contributed by atoms with E-state index in [1.165, 1.54) is 23.1 Å². The van der Waals surface area contributed by atoms with Crippen molar-refractivity contribution < 1.29 is 19.1 Å². The molecule has 1 aliphatic rings. The van der Waals surface area contributed by atoms with Gasteiger partial charge in [0.15, 0.2) is 5.13 Å². The number of aryl methyl sites for hydroxylation is 1. The van der Waals surface area contributed by atoms with Crippen LogP contribution in [0, 0.1) is 12.3 Å². The summed E-state index contributed by atoms with van der Waals surface area (Å²) in [5.74, 6) is -0.191. The van der Waals surface area contributed by atoms with E-state index >= 15 is 0 Å². The molecule has 252 valence electrons. The molecule has 0 radical (unpaired) electrons. The number of carbonyl (C=O) groups is 3. The van der Waals surface area contributed by atoms with Gasteiger partial charge in [-0.25, -0.2) is 4.98 Å². The minimum absolute atomic E-state index is 0.0298. The highest BCUT2D eigenvalue weighted by molar-refractivity contribution is 8.01. The standard InChI is InChI=1S/C31H39N5O3S2.C2H6O.C2H6/c1-20-7-10-25(29(39)36-15-13-35(14-16-36)22(3)37)17-26(20)40-27-19-33-30(41-27)34-28(38)24-11-8-23(9-12-24)18-32-21(2)31(4,5)6;1-3-2;1-2/h7-12,17,19,21,32H,13-16,18H2,1-6H3,(H,33,34,38);1-2H3;1-2H3. The van der Waals surface area contributed by atoms with Crippen LogP contribution in [0.25, 0.3) is 0 Å². The quantitative estimate of drug-likeness (QED) is 0.267. The highest BCUT2D eigenvalue weighted by atomic mass is 32.2. The molecular weight excluding hydrogens is 619 g/mol. The van der Waals surface area contributed by atoms with Gasteiger partial charge in [0.25, 0.3) is 11.8 Å². The Kier molecular flexibility index (Phi) is 15.9. The SMILES string of the molecule is CC.CC(=O)N1CCN(C(=O)c2ccc(C)c(Sc3cnc(NC(=O)c4ccc(CNC(C)C(C)(C)C)cc4)s3)c2)CC1.COC. The maximum absolute atomic E-state index is 13.1. The number of nitrogens with zero attached hydrogens (tertiary/aromatic N) is 3. The summed E-state index contributed by atoms with van der Waals surface area (Å²) in [7, 11) is 3.25. The van der Waals surface area contributed by atoms with Crippen molar-refractivity contribution in [2.75, 3.05) is 45.7 Å². The zero-order valence-corrected chi connectivity index (χ0v) is 30.7. The van der Waals surface area contributed by atoms with Gasteiger partial charge in [-0.15, -0.1) is 0 Å². The molecule has 2 heterocycles. The predicted octanol–water partition coefficient (Wildman–Crippen LogP) is 6.97. The smallest absolute Gasteiger partial charge is 0.257 e. The summed E-state index contributed by atoms with van der Waals surface area (Å²) in [6, 6.07) is 13.7. The van der Waals surface area contributed by atoms with Crippen molar-refractivity contribution >= 4 is 46.0 Å². The molecule has 1 aliphatic heterocycles. The molecule has 3 amide bonds. The van der Waals surface area contributed by atoms with E-state index in [0.717, 1.165) is 26.8 Å². The zero-order chi connectivity index (χ0) is 34.4. The number of nitrogens with one attached hydrogen (secondary N) is 2. The van der Waals surface area contributed by atoms with Crippen LogP contribution in [0.1, 0.15) is 80.3 Å². The first-order valence-electron chi connectivity index (χ1n) is 15.6. The lowest BCUT2D eigenvalue weighted by Crippen LogP contribution is -2.50. The number of ether oxygens (including phenoxy) is 1. The van der Waals surface area contributed by atoms with Crippen molar-refractivity contribution in [1.29, 1.82) is 0 Å². The van der Waals surface area contributed by atoms with Gasteiger partial charge in [-0.2, -0.15) is 0 Å². The van der Waals surface area contributed by atoms with E-state index < -0.39 is 0 Å². The summed E-state index contributed by atoms with van der Waals surface area (Å²) in [5.41, 5.74) is 3.56. The average Bonchev–Trinajstić information content (AvgIpc) is 3.48. The molecule has 9 nitrogen and oxygen atoms in total. The monoisotopic (exact) mass is 669 g/mol. The molecule has 0 spiro atoms. The van der Waals surface area contributed by atoms with Gasteiger partial charge in [-0.1, -0.05) is 75.9 Å². The van der Waals surface area contributed by atoms with Crippen molar-refractivity contribution in [3.63, 3.8) is 0 Å². The molecule has 1 atom stereocenters. The Morgan fingerprint density at radius 1 is 0.978 bits per heavy atom. The molecular formula is C35H51N5O4S2. The van der Waals surface area contributed by atoms with E-state index in [0.29, 0.717) is 48.5 Å². The van der Waals surface area contributed by atoms with Crippen molar-refractivity contribution in [1.82, 2.24) is 20.1 Å². The number of hydrogen-bond donors (Lipinski definition) is 2. The van der Waals surface area contributed by atoms with E-state index in [9.17, 15) is 14.4 Å². The second kappa shape index (κ2) is 18.8. The first-order valence-corrected chi connectivity index (χ1v) is 17.3. The van der Waals surface area contributed by atoms with Gasteiger partial charge in [-0.3, -0.25) is 19.7 Å². The molecule has 4 rings (SSSR count). The fourth-order valence-electron chi connectivity index (χ4n) is 4.24. The molecule has 11 heteroatoms. The summed E-state index contributed by atoms with van der Waals surface area (Å²) >= 11 is 2.92. The molecule has 2 N–H and O–H groups in total. The molecule has 2 aromatic carbocycles. The minimum Gasteiger partial charge on any atom is -0.388 e. The van der Waals surface area contributed by atoms with Crippen LogP contribution in [0.2, 0.25) is 0 Å². The van der Waals surface area contributed by atoms with Crippen LogP contribution in [0.5, 0.6) is 0 Å². The van der Waals surface area contributed by atoms with E-state index in [-0.39, 0.29) is 23.1 Å².